The number of benzene rings is 3. The summed E-state index contributed by atoms with van der Waals surface area (Å²) in [6.45, 7) is 4.47. The summed E-state index contributed by atoms with van der Waals surface area (Å²) in [5, 5.41) is 23.9. The Morgan fingerprint density at radius 2 is 1.35 bits per heavy atom. The number of amides is 3. The topological polar surface area (TPSA) is 190 Å². The first kappa shape index (κ1) is 37.0. The first-order valence-corrected chi connectivity index (χ1v) is 15.3. The second-order valence-electron chi connectivity index (χ2n) is 11.9. The van der Waals surface area contributed by atoms with E-state index in [-0.39, 0.29) is 30.8 Å². The van der Waals surface area contributed by atoms with Crippen molar-refractivity contribution in [3.63, 3.8) is 0 Å². The molecule has 0 heterocycles. The van der Waals surface area contributed by atoms with Crippen molar-refractivity contribution in [2.45, 2.75) is 64.1 Å². The average Bonchev–Trinajstić information content (AvgIpc) is 3.03. The molecule has 0 bridgehead atoms. The van der Waals surface area contributed by atoms with Gasteiger partial charge in [0.15, 0.2) is 6.61 Å². The molecular formula is C35H41N3O10. The number of aliphatic carboxylic acids is 1. The van der Waals surface area contributed by atoms with Gasteiger partial charge in [0.25, 0.3) is 5.91 Å². The number of aromatic carboxylic acids is 1. The molecule has 2 atom stereocenters. The molecule has 0 saturated heterocycles. The molecule has 0 radical (unpaired) electrons. The Morgan fingerprint density at radius 3 is 1.96 bits per heavy atom. The summed E-state index contributed by atoms with van der Waals surface area (Å²) >= 11 is 0. The van der Waals surface area contributed by atoms with E-state index in [9.17, 15) is 29.1 Å². The molecule has 13 nitrogen and oxygen atoms in total. The van der Waals surface area contributed by atoms with Gasteiger partial charge in [-0.25, -0.2) is 19.9 Å². The maximum Gasteiger partial charge on any atom is 0.408 e. The highest BCUT2D eigenvalue weighted by atomic mass is 16.7. The van der Waals surface area contributed by atoms with E-state index in [1.165, 1.54) is 18.2 Å². The third-order valence-corrected chi connectivity index (χ3v) is 6.72. The van der Waals surface area contributed by atoms with Crippen molar-refractivity contribution in [2.24, 2.45) is 0 Å². The van der Waals surface area contributed by atoms with Gasteiger partial charge < -0.3 is 30.3 Å². The quantitative estimate of drug-likeness (QED) is 0.105. The molecule has 3 aromatic carbocycles. The van der Waals surface area contributed by atoms with Gasteiger partial charge in [-0.3, -0.25) is 14.4 Å². The van der Waals surface area contributed by atoms with Crippen LogP contribution < -0.4 is 20.9 Å². The lowest BCUT2D eigenvalue weighted by Crippen LogP contribution is -2.55. The highest BCUT2D eigenvalue weighted by Gasteiger charge is 2.29. The van der Waals surface area contributed by atoms with Crippen LogP contribution in [0.25, 0.3) is 0 Å². The Balaban J connectivity index is 1.81. The Kier molecular flexibility index (Phi) is 13.9. The minimum Gasteiger partial charge on any atom is -0.481 e. The Labute approximate surface area is 278 Å². The molecule has 0 saturated carbocycles. The zero-order chi connectivity index (χ0) is 35.1. The molecule has 3 rings (SSSR count). The van der Waals surface area contributed by atoms with Gasteiger partial charge >= 0.3 is 18.0 Å². The minimum atomic E-state index is -1.38. The number of carboxylic acids is 2. The highest BCUT2D eigenvalue weighted by Crippen LogP contribution is 2.22. The van der Waals surface area contributed by atoms with Crippen molar-refractivity contribution < 1.29 is 48.5 Å². The van der Waals surface area contributed by atoms with E-state index in [2.05, 4.69) is 16.1 Å². The molecule has 0 aliphatic carbocycles. The summed E-state index contributed by atoms with van der Waals surface area (Å²) in [6.07, 6.45) is 0.372. The lowest BCUT2D eigenvalue weighted by atomic mass is 10.0. The first-order valence-electron chi connectivity index (χ1n) is 15.3. The number of hydroxylamine groups is 1. The summed E-state index contributed by atoms with van der Waals surface area (Å²) < 4.78 is 10.5. The van der Waals surface area contributed by atoms with Crippen LogP contribution in [0.1, 0.15) is 54.2 Å². The van der Waals surface area contributed by atoms with Crippen molar-refractivity contribution in [1.29, 1.82) is 0 Å². The zero-order valence-corrected chi connectivity index (χ0v) is 27.1. The summed E-state index contributed by atoms with van der Waals surface area (Å²) in [7, 11) is 0. The second-order valence-corrected chi connectivity index (χ2v) is 11.9. The molecule has 48 heavy (non-hydrogen) atoms. The summed E-state index contributed by atoms with van der Waals surface area (Å²) in [5.41, 5.74) is 3.36. The smallest absolute Gasteiger partial charge is 0.408 e. The number of hydrogen-bond acceptors (Lipinski definition) is 8. The van der Waals surface area contributed by atoms with Crippen LogP contribution in [-0.2, 0) is 43.2 Å². The Morgan fingerprint density at radius 1 is 0.750 bits per heavy atom. The summed E-state index contributed by atoms with van der Waals surface area (Å²) in [4.78, 5) is 68.1. The largest absolute Gasteiger partial charge is 0.481 e. The predicted molar refractivity (Wildman–Crippen MR) is 174 cm³/mol. The molecule has 5 N–H and O–H groups in total. The van der Waals surface area contributed by atoms with Crippen molar-refractivity contribution >= 4 is 29.8 Å². The van der Waals surface area contributed by atoms with E-state index in [1.807, 2.05) is 36.4 Å². The van der Waals surface area contributed by atoms with E-state index < -0.39 is 54.1 Å². The normalized spacial score (nSPS) is 12.2. The van der Waals surface area contributed by atoms with Crippen molar-refractivity contribution in [3.05, 3.63) is 101 Å². The van der Waals surface area contributed by atoms with E-state index >= 15 is 0 Å². The van der Waals surface area contributed by atoms with Gasteiger partial charge in [-0.2, -0.15) is 0 Å². The monoisotopic (exact) mass is 663 g/mol. The van der Waals surface area contributed by atoms with Crippen LogP contribution >= 0.6 is 0 Å². The van der Waals surface area contributed by atoms with Crippen LogP contribution in [0.4, 0.5) is 4.79 Å². The first-order chi connectivity index (χ1) is 22.8. The number of ether oxygens (including phenoxy) is 2. The van der Waals surface area contributed by atoms with Crippen molar-refractivity contribution in [2.75, 3.05) is 13.2 Å². The molecule has 0 spiro atoms. The SMILES string of the molecule is CC(C)(C)OC(=O)N[C@@H](Cc1ccccc1)C(=O)N[C@@H](Cc1ccc(OCC(=O)O)c(C(=O)O)c1)C(=O)NOCCCc1ccccc1. The number of carbonyl (C=O) groups is 5. The number of alkyl carbamates (subject to hydrolysis) is 1. The molecule has 3 aromatic rings. The van der Waals surface area contributed by atoms with Crippen LogP contribution in [0.15, 0.2) is 78.9 Å². The number of rotatable bonds is 17. The van der Waals surface area contributed by atoms with Gasteiger partial charge in [0.05, 0.1) is 6.61 Å². The zero-order valence-electron chi connectivity index (χ0n) is 27.1. The fourth-order valence-corrected chi connectivity index (χ4v) is 4.55. The second kappa shape index (κ2) is 18.0. The minimum absolute atomic E-state index is 0.0784. The number of carbonyl (C=O) groups excluding carboxylic acids is 3. The van der Waals surface area contributed by atoms with Crippen LogP contribution in [0, 0.1) is 0 Å². The van der Waals surface area contributed by atoms with Crippen LogP contribution in [0.2, 0.25) is 0 Å². The number of nitrogens with one attached hydrogen (secondary N) is 3. The lowest BCUT2D eigenvalue weighted by Gasteiger charge is -2.25. The maximum atomic E-state index is 13.7. The van der Waals surface area contributed by atoms with Gasteiger partial charge in [-0.1, -0.05) is 66.7 Å². The van der Waals surface area contributed by atoms with Gasteiger partial charge in [0.1, 0.15) is 29.0 Å². The van der Waals surface area contributed by atoms with E-state index in [1.54, 1.807) is 45.0 Å². The fraction of sp³-hybridized carbons (Fsp3) is 0.343. The molecule has 3 amide bonds. The molecule has 256 valence electrons. The Hall–Kier alpha value is -5.43. The van der Waals surface area contributed by atoms with Gasteiger partial charge in [0, 0.05) is 12.8 Å². The molecule has 0 aliphatic rings. The van der Waals surface area contributed by atoms with Gasteiger partial charge in [-0.15, -0.1) is 0 Å². The molecule has 0 unspecified atom stereocenters. The van der Waals surface area contributed by atoms with Crippen LogP contribution in [0.5, 0.6) is 5.75 Å². The molecule has 13 heteroatoms. The van der Waals surface area contributed by atoms with E-state index in [0.29, 0.717) is 18.4 Å². The Bertz CT molecular complexity index is 1540. The molecule has 0 fully saturated rings. The maximum absolute atomic E-state index is 13.7. The number of aryl methyl sites for hydroxylation is 1. The molecule has 0 aromatic heterocycles. The van der Waals surface area contributed by atoms with Crippen molar-refractivity contribution in [3.8, 4) is 5.75 Å². The molecule has 0 aliphatic heterocycles. The lowest BCUT2D eigenvalue weighted by molar-refractivity contribution is -0.139. The predicted octanol–water partition coefficient (Wildman–Crippen LogP) is 3.69. The summed E-state index contributed by atoms with van der Waals surface area (Å²) in [5.74, 6) is -4.27. The fourth-order valence-electron chi connectivity index (χ4n) is 4.55. The molecular weight excluding hydrogens is 622 g/mol. The van der Waals surface area contributed by atoms with Gasteiger partial charge in [0.2, 0.25) is 5.91 Å². The van der Waals surface area contributed by atoms with Crippen molar-refractivity contribution in [1.82, 2.24) is 16.1 Å². The number of hydrogen-bond donors (Lipinski definition) is 5. The number of carboxylic acid groups (broad SMARTS) is 2. The third-order valence-electron chi connectivity index (χ3n) is 6.72. The van der Waals surface area contributed by atoms with E-state index in [0.717, 1.165) is 11.1 Å². The van der Waals surface area contributed by atoms with E-state index in [4.69, 9.17) is 19.4 Å². The average molecular weight is 664 g/mol. The third kappa shape index (κ3) is 13.1. The summed E-state index contributed by atoms with van der Waals surface area (Å²) in [6, 6.07) is 20.2. The van der Waals surface area contributed by atoms with Gasteiger partial charge in [-0.05, 0) is 62.4 Å². The van der Waals surface area contributed by atoms with Crippen LogP contribution in [-0.4, -0.2) is 71.0 Å². The highest BCUT2D eigenvalue weighted by molar-refractivity contribution is 5.92. The standard InChI is InChI=1S/C35H41N3O10/c1-35(2,3)48-34(45)37-27(20-24-13-8-5-9-14-24)31(41)36-28(32(42)38-47-18-10-15-23-11-6-4-7-12-23)21-25-16-17-29(46-22-30(39)40)26(19-25)33(43)44/h4-9,11-14,16-17,19,27-28H,10,15,18,20-22H2,1-3H3,(H,36,41)(H,37,45)(H,38,42)(H,39,40)(H,43,44)/t27-,28-/m0/s1. The van der Waals surface area contributed by atoms with Crippen LogP contribution in [0.3, 0.4) is 0 Å².